The maximum absolute atomic E-state index is 12.8. The van der Waals surface area contributed by atoms with Gasteiger partial charge in [0.15, 0.2) is 0 Å². The zero-order chi connectivity index (χ0) is 18.3. The molecule has 142 valence electrons. The number of hydrogen-bond acceptors (Lipinski definition) is 4. The number of fused-ring (bicyclic) bond motifs is 2. The van der Waals surface area contributed by atoms with Crippen molar-refractivity contribution in [3.8, 4) is 0 Å². The van der Waals surface area contributed by atoms with Crippen LogP contribution in [0.3, 0.4) is 0 Å². The molecule has 26 heavy (non-hydrogen) atoms. The minimum absolute atomic E-state index is 0.144. The Balaban J connectivity index is 1.52. The lowest BCUT2D eigenvalue weighted by molar-refractivity contribution is -0.110. The number of halogens is 2. The van der Waals surface area contributed by atoms with Crippen molar-refractivity contribution in [2.45, 2.75) is 57.2 Å². The number of ether oxygens (including phenoxy) is 1. The first-order chi connectivity index (χ1) is 12.4. The summed E-state index contributed by atoms with van der Waals surface area (Å²) in [6.07, 6.45) is 4.11. The minimum atomic E-state index is -2.29. The summed E-state index contributed by atoms with van der Waals surface area (Å²) in [5, 5.41) is 0. The lowest BCUT2D eigenvalue weighted by Gasteiger charge is -2.47. The van der Waals surface area contributed by atoms with Gasteiger partial charge in [0.1, 0.15) is 5.60 Å². The fourth-order valence-electron chi connectivity index (χ4n) is 4.31. The van der Waals surface area contributed by atoms with Gasteiger partial charge >= 0.3 is 0 Å². The smallest absolute Gasteiger partial charge is 0.243 e. The zero-order valence-electron chi connectivity index (χ0n) is 15.3. The number of likely N-dealkylation sites (tertiary alicyclic amines) is 1. The third kappa shape index (κ3) is 3.44. The highest BCUT2D eigenvalue weighted by atomic mass is 32.1. The van der Waals surface area contributed by atoms with Crippen molar-refractivity contribution in [2.24, 2.45) is 7.05 Å². The molecule has 0 N–H and O–H groups in total. The van der Waals surface area contributed by atoms with Gasteiger partial charge in [0.2, 0.25) is 6.43 Å². The molecule has 1 saturated heterocycles. The van der Waals surface area contributed by atoms with Crippen molar-refractivity contribution in [3.63, 3.8) is 0 Å². The lowest BCUT2D eigenvalue weighted by Crippen LogP contribution is -2.49. The first-order valence-corrected chi connectivity index (χ1v) is 10.0. The molecule has 1 spiro atoms. The van der Waals surface area contributed by atoms with E-state index in [1.165, 1.54) is 10.4 Å². The van der Waals surface area contributed by atoms with Gasteiger partial charge in [0, 0.05) is 48.6 Å². The largest absolute Gasteiger partial charge is 0.369 e. The second kappa shape index (κ2) is 7.02. The highest BCUT2D eigenvalue weighted by molar-refractivity contribution is 7.12. The van der Waals surface area contributed by atoms with Crippen molar-refractivity contribution in [3.05, 3.63) is 39.6 Å². The molecule has 1 fully saturated rings. The molecule has 2 atom stereocenters. The maximum Gasteiger partial charge on any atom is 0.243 e. The van der Waals surface area contributed by atoms with E-state index < -0.39 is 6.43 Å². The number of alkyl halides is 2. The molecule has 2 aliphatic heterocycles. The van der Waals surface area contributed by atoms with E-state index in [0.29, 0.717) is 12.6 Å². The maximum atomic E-state index is 12.8. The number of imidazole rings is 1. The zero-order valence-corrected chi connectivity index (χ0v) is 16.1. The Labute approximate surface area is 156 Å². The second-order valence-electron chi connectivity index (χ2n) is 7.56. The first kappa shape index (κ1) is 18.1. The lowest BCUT2D eigenvalue weighted by atomic mass is 9.82. The number of nitrogens with zero attached hydrogens (tertiary/aromatic N) is 3. The van der Waals surface area contributed by atoms with Gasteiger partial charge in [-0.15, -0.1) is 11.3 Å². The molecule has 0 aliphatic carbocycles. The van der Waals surface area contributed by atoms with Crippen molar-refractivity contribution in [1.82, 2.24) is 14.5 Å². The van der Waals surface area contributed by atoms with E-state index in [1.807, 2.05) is 24.0 Å². The average molecular weight is 381 g/mol. The van der Waals surface area contributed by atoms with Gasteiger partial charge in [0.05, 0.1) is 18.6 Å². The van der Waals surface area contributed by atoms with Crippen LogP contribution in [0.1, 0.15) is 40.8 Å². The molecular weight excluding hydrogens is 356 g/mol. The van der Waals surface area contributed by atoms with Crippen molar-refractivity contribution in [1.29, 1.82) is 0 Å². The van der Waals surface area contributed by atoms with Crippen LogP contribution in [0.4, 0.5) is 8.78 Å². The van der Waals surface area contributed by atoms with E-state index in [4.69, 9.17) is 4.74 Å². The standard InChI is InChI=1S/C19H25F2N3OS/c1-13-9-19(4-5-24(13)11-15-10-23(2)12-22-15)18-14(3-6-25-19)7-16(26-18)8-17(20)21/h7,10,12-13,17H,3-6,8-9,11H2,1-2H3/t13-,19+/m0/s1. The predicted octanol–water partition coefficient (Wildman–Crippen LogP) is 3.74. The highest BCUT2D eigenvalue weighted by Crippen LogP contribution is 2.47. The van der Waals surface area contributed by atoms with E-state index in [1.54, 1.807) is 11.3 Å². The minimum Gasteiger partial charge on any atom is -0.369 e. The Hall–Kier alpha value is -1.31. The topological polar surface area (TPSA) is 30.3 Å². The number of thiophene rings is 1. The van der Waals surface area contributed by atoms with Crippen molar-refractivity contribution >= 4 is 11.3 Å². The van der Waals surface area contributed by atoms with Crippen LogP contribution in [0.2, 0.25) is 0 Å². The first-order valence-electron chi connectivity index (χ1n) is 9.20. The van der Waals surface area contributed by atoms with Gasteiger partial charge in [-0.3, -0.25) is 4.90 Å². The summed E-state index contributed by atoms with van der Waals surface area (Å²) >= 11 is 1.54. The van der Waals surface area contributed by atoms with Gasteiger partial charge in [0.25, 0.3) is 0 Å². The fourth-order valence-corrected chi connectivity index (χ4v) is 5.71. The normalized spacial score (nSPS) is 26.6. The molecular formula is C19H25F2N3OS. The molecule has 0 aromatic carbocycles. The average Bonchev–Trinajstić information content (AvgIpc) is 3.16. The molecule has 4 heterocycles. The van der Waals surface area contributed by atoms with Gasteiger partial charge in [-0.25, -0.2) is 13.8 Å². The molecule has 0 bridgehead atoms. The van der Waals surface area contributed by atoms with Gasteiger partial charge in [-0.1, -0.05) is 0 Å². The molecule has 4 rings (SSSR count). The molecule has 0 radical (unpaired) electrons. The van der Waals surface area contributed by atoms with Crippen LogP contribution in [0, 0.1) is 0 Å². The third-order valence-corrected chi connectivity index (χ3v) is 6.94. The summed E-state index contributed by atoms with van der Waals surface area (Å²) in [4.78, 5) is 8.87. The van der Waals surface area contributed by atoms with Crippen molar-refractivity contribution in [2.75, 3.05) is 13.2 Å². The fraction of sp³-hybridized carbons (Fsp3) is 0.632. The predicted molar refractivity (Wildman–Crippen MR) is 97.7 cm³/mol. The monoisotopic (exact) mass is 381 g/mol. The van der Waals surface area contributed by atoms with Crippen LogP contribution < -0.4 is 0 Å². The van der Waals surface area contributed by atoms with Gasteiger partial charge in [-0.2, -0.15) is 0 Å². The summed E-state index contributed by atoms with van der Waals surface area (Å²) in [5.74, 6) is 0. The Kier molecular flexibility index (Phi) is 4.88. The van der Waals surface area contributed by atoms with Crippen LogP contribution in [0.15, 0.2) is 18.6 Å². The molecule has 4 nitrogen and oxygen atoms in total. The van der Waals surface area contributed by atoms with Crippen LogP contribution in [-0.2, 0) is 36.8 Å². The number of piperidine rings is 1. The summed E-state index contributed by atoms with van der Waals surface area (Å²) < 4.78 is 33.9. The molecule has 0 saturated carbocycles. The molecule has 2 aromatic heterocycles. The quantitative estimate of drug-likeness (QED) is 0.808. The van der Waals surface area contributed by atoms with Gasteiger partial charge < -0.3 is 9.30 Å². The Morgan fingerprint density at radius 1 is 1.46 bits per heavy atom. The van der Waals surface area contributed by atoms with Crippen molar-refractivity contribution < 1.29 is 13.5 Å². The van der Waals surface area contributed by atoms with E-state index in [9.17, 15) is 8.78 Å². The van der Waals surface area contributed by atoms with Crippen LogP contribution >= 0.6 is 11.3 Å². The van der Waals surface area contributed by atoms with E-state index >= 15 is 0 Å². The number of rotatable bonds is 4. The number of aromatic nitrogens is 2. The second-order valence-corrected chi connectivity index (χ2v) is 8.70. The van der Waals surface area contributed by atoms with E-state index in [0.717, 1.165) is 42.9 Å². The molecule has 2 aliphatic rings. The summed E-state index contributed by atoms with van der Waals surface area (Å²) in [6.45, 7) is 4.69. The Bertz CT molecular complexity index is 775. The number of hydrogen-bond donors (Lipinski definition) is 0. The SMILES string of the molecule is C[C@H]1C[C@@]2(CCN1Cc1cn(C)cn1)OCCc1cc(CC(F)F)sc12. The molecule has 0 unspecified atom stereocenters. The third-order valence-electron chi connectivity index (χ3n) is 5.55. The summed E-state index contributed by atoms with van der Waals surface area (Å²) in [5.41, 5.74) is 2.01. The molecule has 2 aromatic rings. The summed E-state index contributed by atoms with van der Waals surface area (Å²) in [7, 11) is 1.98. The van der Waals surface area contributed by atoms with Gasteiger partial charge in [-0.05, 0) is 37.8 Å². The van der Waals surface area contributed by atoms with E-state index in [2.05, 4.69) is 23.0 Å². The Morgan fingerprint density at radius 3 is 3.00 bits per heavy atom. The van der Waals surface area contributed by atoms with Crippen LogP contribution in [0.5, 0.6) is 0 Å². The highest BCUT2D eigenvalue weighted by Gasteiger charge is 2.44. The molecule has 0 amide bonds. The van der Waals surface area contributed by atoms with Crippen LogP contribution in [-0.4, -0.2) is 40.1 Å². The summed E-state index contributed by atoms with van der Waals surface area (Å²) in [6, 6.07) is 2.35. The Morgan fingerprint density at radius 2 is 2.31 bits per heavy atom. The van der Waals surface area contributed by atoms with Crippen LogP contribution in [0.25, 0.3) is 0 Å². The number of aryl methyl sites for hydroxylation is 1. The molecule has 7 heteroatoms. The van der Waals surface area contributed by atoms with E-state index in [-0.39, 0.29) is 12.0 Å².